The predicted octanol–water partition coefficient (Wildman–Crippen LogP) is 2.40. The molecule has 4 rings (SSSR count). The first-order valence-corrected chi connectivity index (χ1v) is 12.5. The van der Waals surface area contributed by atoms with Crippen LogP contribution < -0.4 is 15.6 Å². The number of aromatic nitrogens is 3. The Kier molecular flexibility index (Phi) is 8.21. The third kappa shape index (κ3) is 6.19. The summed E-state index contributed by atoms with van der Waals surface area (Å²) in [6.45, 7) is -0.0697. The zero-order valence-corrected chi connectivity index (χ0v) is 22.0. The number of carbonyl (C=O) groups is 2. The number of carbonyl (C=O) groups excluding carboxylic acids is 2. The Hall–Kier alpha value is -3.58. The van der Waals surface area contributed by atoms with Crippen LogP contribution in [0.5, 0.6) is 5.75 Å². The number of benzene rings is 1. The maximum absolute atomic E-state index is 13.6. The predicted molar refractivity (Wildman–Crippen MR) is 136 cm³/mol. The SMILES string of the molecule is Cc1nc2c(c(OCC(F)(F)F)c(C(=O)NC3CCN(C(=O)CO)CC3)n2C)c(=O)n1Cc1ccc(Cl)cc1. The van der Waals surface area contributed by atoms with Gasteiger partial charge in [-0.1, -0.05) is 23.7 Å². The monoisotopic (exact) mass is 569 g/mol. The van der Waals surface area contributed by atoms with Gasteiger partial charge < -0.3 is 24.6 Å². The van der Waals surface area contributed by atoms with Crippen LogP contribution in [-0.2, 0) is 18.4 Å². The molecule has 0 saturated carbocycles. The maximum Gasteiger partial charge on any atom is 0.422 e. The summed E-state index contributed by atoms with van der Waals surface area (Å²) in [4.78, 5) is 44.6. The highest BCUT2D eigenvalue weighted by molar-refractivity contribution is 6.30. The van der Waals surface area contributed by atoms with Crippen molar-refractivity contribution in [1.29, 1.82) is 0 Å². The summed E-state index contributed by atoms with van der Waals surface area (Å²) in [5.41, 5.74) is -0.203. The second-order valence-corrected chi connectivity index (χ2v) is 9.74. The van der Waals surface area contributed by atoms with Gasteiger partial charge in [0.05, 0.1) is 6.54 Å². The van der Waals surface area contributed by atoms with Gasteiger partial charge in [0, 0.05) is 31.2 Å². The molecule has 0 aliphatic carbocycles. The summed E-state index contributed by atoms with van der Waals surface area (Å²) >= 11 is 5.94. The average molecular weight is 570 g/mol. The summed E-state index contributed by atoms with van der Waals surface area (Å²) in [6, 6.07) is 6.34. The first kappa shape index (κ1) is 28.4. The van der Waals surface area contributed by atoms with Crippen LogP contribution in [0, 0.1) is 6.92 Å². The number of ether oxygens (including phenoxy) is 1. The minimum atomic E-state index is -4.72. The van der Waals surface area contributed by atoms with Crippen molar-refractivity contribution in [3.8, 4) is 5.75 Å². The molecule has 1 saturated heterocycles. The maximum atomic E-state index is 13.6. The van der Waals surface area contributed by atoms with Gasteiger partial charge in [-0.2, -0.15) is 13.2 Å². The van der Waals surface area contributed by atoms with Gasteiger partial charge in [0.25, 0.3) is 11.5 Å². The Morgan fingerprint density at radius 2 is 1.85 bits per heavy atom. The molecule has 0 unspecified atom stereocenters. The fraction of sp³-hybridized carbons (Fsp3) is 0.440. The van der Waals surface area contributed by atoms with Crippen molar-refractivity contribution in [2.45, 2.75) is 38.5 Å². The van der Waals surface area contributed by atoms with Gasteiger partial charge in [-0.15, -0.1) is 0 Å². The minimum absolute atomic E-state index is 0.00976. The highest BCUT2D eigenvalue weighted by atomic mass is 35.5. The fourth-order valence-electron chi connectivity index (χ4n) is 4.60. The smallest absolute Gasteiger partial charge is 0.422 e. The van der Waals surface area contributed by atoms with E-state index in [2.05, 4.69) is 10.3 Å². The highest BCUT2D eigenvalue weighted by Crippen LogP contribution is 2.32. The van der Waals surface area contributed by atoms with E-state index in [0.717, 1.165) is 0 Å². The van der Waals surface area contributed by atoms with Crippen molar-refractivity contribution >= 4 is 34.4 Å². The number of rotatable bonds is 7. The van der Waals surface area contributed by atoms with E-state index in [4.69, 9.17) is 21.4 Å². The fourth-order valence-corrected chi connectivity index (χ4v) is 4.73. The largest absolute Gasteiger partial charge is 0.481 e. The number of hydrogen-bond acceptors (Lipinski definition) is 6. The molecule has 2 N–H and O–H groups in total. The van der Waals surface area contributed by atoms with Gasteiger partial charge in [-0.3, -0.25) is 19.0 Å². The molecule has 1 aromatic carbocycles. The molecule has 2 aromatic heterocycles. The van der Waals surface area contributed by atoms with Crippen LogP contribution in [0.4, 0.5) is 13.2 Å². The van der Waals surface area contributed by atoms with Crippen LogP contribution in [0.25, 0.3) is 11.0 Å². The lowest BCUT2D eigenvalue weighted by Gasteiger charge is -2.32. The molecule has 0 bridgehead atoms. The number of nitrogens with zero attached hydrogens (tertiary/aromatic N) is 4. The zero-order chi connectivity index (χ0) is 28.5. The number of hydrogen-bond donors (Lipinski definition) is 2. The van der Waals surface area contributed by atoms with Gasteiger partial charge in [0.1, 0.15) is 17.8 Å². The average Bonchev–Trinajstić information content (AvgIpc) is 3.17. The lowest BCUT2D eigenvalue weighted by atomic mass is 10.0. The summed E-state index contributed by atoms with van der Waals surface area (Å²) in [5.74, 6) is -1.37. The number of alkyl halides is 3. The molecule has 210 valence electrons. The Morgan fingerprint density at radius 1 is 1.21 bits per heavy atom. The van der Waals surface area contributed by atoms with Gasteiger partial charge in [0.15, 0.2) is 23.7 Å². The first-order valence-electron chi connectivity index (χ1n) is 12.1. The molecular formula is C25H27ClF3N5O5. The summed E-state index contributed by atoms with van der Waals surface area (Å²) < 4.78 is 47.1. The number of aryl methyl sites for hydroxylation is 2. The Bertz CT molecular complexity index is 1440. The van der Waals surface area contributed by atoms with E-state index in [1.54, 1.807) is 31.2 Å². The van der Waals surface area contributed by atoms with Crippen molar-refractivity contribution in [3.63, 3.8) is 0 Å². The highest BCUT2D eigenvalue weighted by Gasteiger charge is 2.34. The van der Waals surface area contributed by atoms with Crippen LogP contribution in [0.3, 0.4) is 0 Å². The molecule has 14 heteroatoms. The number of amides is 2. The second-order valence-electron chi connectivity index (χ2n) is 9.30. The molecule has 39 heavy (non-hydrogen) atoms. The number of aliphatic hydroxyl groups is 1. The van der Waals surface area contributed by atoms with Crippen molar-refractivity contribution in [2.75, 3.05) is 26.3 Å². The third-order valence-electron chi connectivity index (χ3n) is 6.60. The zero-order valence-electron chi connectivity index (χ0n) is 21.2. The standard InChI is InChI=1S/C25H27ClF3N5O5/c1-14-30-22-19(24(38)34(14)11-15-3-5-16(26)6-4-15)21(39-13-25(27,28)29)20(32(22)2)23(37)31-17-7-9-33(10-8-17)18(36)12-35/h3-6,17,35H,7-13H2,1-2H3,(H,31,37). The summed E-state index contributed by atoms with van der Waals surface area (Å²) in [5, 5.41) is 12.1. The number of aliphatic hydroxyl groups excluding tert-OH is 1. The summed E-state index contributed by atoms with van der Waals surface area (Å²) in [7, 11) is 1.43. The molecule has 1 aliphatic rings. The lowest BCUT2D eigenvalue weighted by Crippen LogP contribution is -2.47. The number of nitrogens with one attached hydrogen (secondary N) is 1. The van der Waals surface area contributed by atoms with Crippen LogP contribution in [-0.4, -0.2) is 74.5 Å². The van der Waals surface area contributed by atoms with E-state index in [9.17, 15) is 27.6 Å². The summed E-state index contributed by atoms with van der Waals surface area (Å²) in [6.07, 6.45) is -3.96. The van der Waals surface area contributed by atoms with Gasteiger partial charge in [-0.05, 0) is 37.5 Å². The third-order valence-corrected chi connectivity index (χ3v) is 6.86. The lowest BCUT2D eigenvalue weighted by molar-refractivity contribution is -0.153. The van der Waals surface area contributed by atoms with Crippen molar-refractivity contribution in [2.24, 2.45) is 7.05 Å². The molecule has 0 spiro atoms. The van der Waals surface area contributed by atoms with E-state index in [1.807, 2.05) is 0 Å². The molecule has 10 nitrogen and oxygen atoms in total. The van der Waals surface area contributed by atoms with Crippen molar-refractivity contribution in [1.82, 2.24) is 24.3 Å². The van der Waals surface area contributed by atoms with E-state index in [1.165, 1.54) is 21.1 Å². The molecule has 2 amide bonds. The van der Waals surface area contributed by atoms with E-state index >= 15 is 0 Å². The minimum Gasteiger partial charge on any atom is -0.481 e. The Labute approximate surface area is 225 Å². The van der Waals surface area contributed by atoms with Crippen LogP contribution in [0.15, 0.2) is 29.1 Å². The topological polar surface area (TPSA) is 119 Å². The van der Waals surface area contributed by atoms with Crippen molar-refractivity contribution < 1.29 is 32.6 Å². The number of fused-ring (bicyclic) bond motifs is 1. The Morgan fingerprint density at radius 3 is 2.44 bits per heavy atom. The van der Waals surface area contributed by atoms with E-state index in [0.29, 0.717) is 42.3 Å². The van der Waals surface area contributed by atoms with E-state index in [-0.39, 0.29) is 29.3 Å². The molecule has 0 radical (unpaired) electrons. The van der Waals surface area contributed by atoms with Gasteiger partial charge in [-0.25, -0.2) is 4.98 Å². The molecule has 0 atom stereocenters. The van der Waals surface area contributed by atoms with Gasteiger partial charge >= 0.3 is 6.18 Å². The van der Waals surface area contributed by atoms with Gasteiger partial charge in [0.2, 0.25) is 5.91 Å². The number of halogens is 4. The quantitative estimate of drug-likeness (QED) is 0.451. The van der Waals surface area contributed by atoms with Crippen LogP contribution >= 0.6 is 11.6 Å². The molecule has 1 fully saturated rings. The molecule has 3 heterocycles. The van der Waals surface area contributed by atoms with Crippen LogP contribution in [0.2, 0.25) is 5.02 Å². The number of likely N-dealkylation sites (tertiary alicyclic amines) is 1. The normalized spacial score (nSPS) is 14.6. The molecule has 3 aromatic rings. The van der Waals surface area contributed by atoms with Crippen LogP contribution in [0.1, 0.15) is 34.7 Å². The van der Waals surface area contributed by atoms with E-state index < -0.39 is 42.5 Å². The number of piperidine rings is 1. The Balaban J connectivity index is 1.72. The second kappa shape index (κ2) is 11.3. The van der Waals surface area contributed by atoms with Crippen molar-refractivity contribution in [3.05, 3.63) is 56.7 Å². The first-order chi connectivity index (χ1) is 18.4. The molecular weight excluding hydrogens is 543 g/mol. The molecule has 1 aliphatic heterocycles.